The van der Waals surface area contributed by atoms with Crippen LogP contribution in [0.1, 0.15) is 33.6 Å². The Labute approximate surface area is 105 Å². The Kier molecular flexibility index (Phi) is 3.08. The molecule has 100 valence electrons. The molecule has 0 bridgehead atoms. The topological polar surface area (TPSA) is 40.6 Å². The molecule has 0 radical (unpaired) electrons. The van der Waals surface area contributed by atoms with Crippen molar-refractivity contribution in [1.82, 2.24) is 9.21 Å². The lowest BCUT2D eigenvalue weighted by molar-refractivity contribution is -0.0822. The Morgan fingerprint density at radius 3 is 1.88 bits per heavy atom. The van der Waals surface area contributed by atoms with Crippen LogP contribution >= 0.6 is 0 Å². The zero-order valence-electron chi connectivity index (χ0n) is 11.4. The highest BCUT2D eigenvalue weighted by molar-refractivity contribution is 7.88. The number of hydrogen-bond donors (Lipinski definition) is 0. The Morgan fingerprint density at radius 2 is 1.53 bits per heavy atom. The molecule has 0 aromatic carbocycles. The largest absolute Gasteiger partial charge is 0.297 e. The summed E-state index contributed by atoms with van der Waals surface area (Å²) in [6.45, 7) is 10.4. The summed E-state index contributed by atoms with van der Waals surface area (Å²) in [5, 5.41) is 0. The average Bonchev–Trinajstić information content (AvgIpc) is 2.11. The number of rotatable bonds is 1. The van der Waals surface area contributed by atoms with Crippen LogP contribution in [0.2, 0.25) is 0 Å². The molecule has 0 saturated carbocycles. The van der Waals surface area contributed by atoms with Crippen molar-refractivity contribution in [2.75, 3.05) is 32.4 Å². The quantitative estimate of drug-likeness (QED) is 0.710. The highest BCUT2D eigenvalue weighted by atomic mass is 32.2. The van der Waals surface area contributed by atoms with Crippen LogP contribution in [0.3, 0.4) is 0 Å². The van der Waals surface area contributed by atoms with Crippen LogP contribution in [0.15, 0.2) is 0 Å². The van der Waals surface area contributed by atoms with Gasteiger partial charge in [0.25, 0.3) is 0 Å². The standard InChI is InChI=1S/C12H24N2O2S/c1-11(2,3)13-9-12(10-13)5-7-14(8-6-12)17(4,15)16/h5-10H2,1-4H3. The molecule has 0 aliphatic carbocycles. The third-order valence-corrected chi connectivity index (χ3v) is 5.56. The van der Waals surface area contributed by atoms with Crippen molar-refractivity contribution in [3.05, 3.63) is 0 Å². The van der Waals surface area contributed by atoms with Crippen molar-refractivity contribution in [3.63, 3.8) is 0 Å². The summed E-state index contributed by atoms with van der Waals surface area (Å²) < 4.78 is 24.5. The molecule has 0 aromatic rings. The first kappa shape index (κ1) is 13.3. The Balaban J connectivity index is 1.90. The Bertz CT molecular complexity index is 381. The summed E-state index contributed by atoms with van der Waals surface area (Å²) in [7, 11) is -2.98. The molecule has 2 rings (SSSR count). The molecule has 17 heavy (non-hydrogen) atoms. The second kappa shape index (κ2) is 3.93. The maximum Gasteiger partial charge on any atom is 0.211 e. The van der Waals surface area contributed by atoms with Gasteiger partial charge in [-0.2, -0.15) is 0 Å². The van der Waals surface area contributed by atoms with Crippen molar-refractivity contribution >= 4 is 10.0 Å². The number of sulfonamides is 1. The maximum atomic E-state index is 11.4. The summed E-state index contributed by atoms with van der Waals surface area (Å²) in [6, 6.07) is 0. The molecular weight excluding hydrogens is 236 g/mol. The normalized spacial score (nSPS) is 27.1. The van der Waals surface area contributed by atoms with Crippen LogP contribution in [-0.4, -0.2) is 55.6 Å². The van der Waals surface area contributed by atoms with Gasteiger partial charge in [-0.05, 0) is 39.0 Å². The van der Waals surface area contributed by atoms with Gasteiger partial charge >= 0.3 is 0 Å². The first-order chi connectivity index (χ1) is 7.62. The molecule has 1 spiro atoms. The Hall–Kier alpha value is -0.130. The first-order valence-corrected chi connectivity index (χ1v) is 8.18. The molecule has 5 heteroatoms. The van der Waals surface area contributed by atoms with Gasteiger partial charge in [-0.25, -0.2) is 12.7 Å². The van der Waals surface area contributed by atoms with Gasteiger partial charge in [0.05, 0.1) is 6.26 Å². The number of likely N-dealkylation sites (tertiary alicyclic amines) is 1. The average molecular weight is 260 g/mol. The van der Waals surface area contributed by atoms with E-state index < -0.39 is 10.0 Å². The third-order valence-electron chi connectivity index (χ3n) is 4.25. The van der Waals surface area contributed by atoms with Gasteiger partial charge in [0, 0.05) is 31.7 Å². The molecule has 2 heterocycles. The minimum atomic E-state index is -2.98. The number of nitrogens with zero attached hydrogens (tertiary/aromatic N) is 2. The fourth-order valence-electron chi connectivity index (χ4n) is 2.85. The minimum Gasteiger partial charge on any atom is -0.297 e. The van der Waals surface area contributed by atoms with Crippen molar-refractivity contribution in [2.24, 2.45) is 5.41 Å². The predicted octanol–water partition coefficient (Wildman–Crippen LogP) is 1.14. The molecule has 4 nitrogen and oxygen atoms in total. The fourth-order valence-corrected chi connectivity index (χ4v) is 3.69. The molecule has 0 unspecified atom stereocenters. The molecule has 0 atom stereocenters. The van der Waals surface area contributed by atoms with E-state index in [0.29, 0.717) is 18.5 Å². The predicted molar refractivity (Wildman–Crippen MR) is 69.4 cm³/mol. The van der Waals surface area contributed by atoms with E-state index >= 15 is 0 Å². The molecule has 0 amide bonds. The van der Waals surface area contributed by atoms with E-state index in [1.165, 1.54) is 6.26 Å². The molecule has 2 saturated heterocycles. The summed E-state index contributed by atoms with van der Waals surface area (Å²) in [6.07, 6.45) is 3.35. The summed E-state index contributed by atoms with van der Waals surface area (Å²) in [4.78, 5) is 2.49. The van der Waals surface area contributed by atoms with Crippen molar-refractivity contribution < 1.29 is 8.42 Å². The fraction of sp³-hybridized carbons (Fsp3) is 1.00. The smallest absolute Gasteiger partial charge is 0.211 e. The summed E-state index contributed by atoms with van der Waals surface area (Å²) >= 11 is 0. The van der Waals surface area contributed by atoms with Crippen LogP contribution in [0, 0.1) is 5.41 Å². The van der Waals surface area contributed by atoms with Gasteiger partial charge in [-0.3, -0.25) is 4.90 Å². The lowest BCUT2D eigenvalue weighted by atomic mass is 9.70. The van der Waals surface area contributed by atoms with E-state index in [9.17, 15) is 8.42 Å². The SMILES string of the molecule is CC(C)(C)N1CC2(CCN(S(C)(=O)=O)CC2)C1. The zero-order chi connectivity index (χ0) is 12.9. The second-order valence-electron chi connectivity index (χ2n) is 6.69. The molecule has 0 N–H and O–H groups in total. The monoisotopic (exact) mass is 260 g/mol. The van der Waals surface area contributed by atoms with E-state index in [1.807, 2.05) is 0 Å². The van der Waals surface area contributed by atoms with Gasteiger partial charge in [-0.15, -0.1) is 0 Å². The number of hydrogen-bond acceptors (Lipinski definition) is 3. The van der Waals surface area contributed by atoms with E-state index in [1.54, 1.807) is 4.31 Å². The van der Waals surface area contributed by atoms with Crippen molar-refractivity contribution in [1.29, 1.82) is 0 Å². The molecule has 0 aromatic heterocycles. The minimum absolute atomic E-state index is 0.249. The Morgan fingerprint density at radius 1 is 1.06 bits per heavy atom. The van der Waals surface area contributed by atoms with Crippen molar-refractivity contribution in [3.8, 4) is 0 Å². The van der Waals surface area contributed by atoms with E-state index in [-0.39, 0.29) is 5.54 Å². The van der Waals surface area contributed by atoms with Gasteiger partial charge in [0.15, 0.2) is 0 Å². The van der Waals surface area contributed by atoms with Crippen molar-refractivity contribution in [2.45, 2.75) is 39.2 Å². The van der Waals surface area contributed by atoms with Gasteiger partial charge in [-0.1, -0.05) is 0 Å². The highest BCUT2D eigenvalue weighted by Crippen LogP contribution is 2.43. The number of piperidine rings is 1. The maximum absolute atomic E-state index is 11.4. The molecule has 2 aliphatic rings. The molecular formula is C12H24N2O2S. The van der Waals surface area contributed by atoms with Crippen LogP contribution in [-0.2, 0) is 10.0 Å². The molecule has 2 aliphatic heterocycles. The van der Waals surface area contributed by atoms with Crippen LogP contribution < -0.4 is 0 Å². The lowest BCUT2D eigenvalue weighted by Crippen LogP contribution is -2.65. The van der Waals surface area contributed by atoms with Gasteiger partial charge in [0.1, 0.15) is 0 Å². The summed E-state index contributed by atoms with van der Waals surface area (Å²) in [5.41, 5.74) is 0.647. The second-order valence-corrected chi connectivity index (χ2v) is 8.67. The van der Waals surface area contributed by atoms with E-state index in [0.717, 1.165) is 25.9 Å². The highest BCUT2D eigenvalue weighted by Gasteiger charge is 2.48. The molecule has 2 fully saturated rings. The third kappa shape index (κ3) is 2.66. The van der Waals surface area contributed by atoms with Gasteiger partial charge in [0.2, 0.25) is 10.0 Å². The van der Waals surface area contributed by atoms with E-state index in [2.05, 4.69) is 25.7 Å². The van der Waals surface area contributed by atoms with Crippen LogP contribution in [0.4, 0.5) is 0 Å². The van der Waals surface area contributed by atoms with Crippen LogP contribution in [0.25, 0.3) is 0 Å². The van der Waals surface area contributed by atoms with E-state index in [4.69, 9.17) is 0 Å². The first-order valence-electron chi connectivity index (χ1n) is 6.33. The zero-order valence-corrected chi connectivity index (χ0v) is 12.2. The van der Waals surface area contributed by atoms with Gasteiger partial charge < -0.3 is 0 Å². The lowest BCUT2D eigenvalue weighted by Gasteiger charge is -2.58. The summed E-state index contributed by atoms with van der Waals surface area (Å²) in [5.74, 6) is 0. The van der Waals surface area contributed by atoms with Crippen LogP contribution in [0.5, 0.6) is 0 Å².